The first-order valence-electron chi connectivity index (χ1n) is 6.25. The Kier molecular flexibility index (Phi) is 4.06. The van der Waals surface area contributed by atoms with Crippen LogP contribution in [0, 0.1) is 6.92 Å². The number of hydrogen-bond donors (Lipinski definition) is 0. The van der Waals surface area contributed by atoms with E-state index in [0.717, 1.165) is 6.07 Å². The first kappa shape index (κ1) is 15.2. The van der Waals surface area contributed by atoms with Gasteiger partial charge in [-0.2, -0.15) is 13.2 Å². The van der Waals surface area contributed by atoms with Crippen LogP contribution in [-0.4, -0.2) is 17.9 Å². The minimum Gasteiger partial charge on any atom is -0.459 e. The highest BCUT2D eigenvalue weighted by molar-refractivity contribution is 5.92. The molecule has 3 nitrogen and oxygen atoms in total. The van der Waals surface area contributed by atoms with Crippen LogP contribution < -0.4 is 0 Å². The highest BCUT2D eigenvalue weighted by Gasteiger charge is 2.33. The van der Waals surface area contributed by atoms with Gasteiger partial charge in [0.15, 0.2) is 5.76 Å². The lowest BCUT2D eigenvalue weighted by atomic mass is 10.1. The van der Waals surface area contributed by atoms with Crippen molar-refractivity contribution in [3.63, 3.8) is 0 Å². The van der Waals surface area contributed by atoms with E-state index < -0.39 is 17.6 Å². The molecule has 0 spiro atoms. The van der Waals surface area contributed by atoms with Gasteiger partial charge in [-0.1, -0.05) is 18.2 Å². The molecule has 0 N–H and O–H groups in total. The Morgan fingerprint density at radius 1 is 1.24 bits per heavy atom. The van der Waals surface area contributed by atoms with Gasteiger partial charge in [-0.25, -0.2) is 0 Å². The van der Waals surface area contributed by atoms with Crippen LogP contribution in [0.3, 0.4) is 0 Å². The molecule has 1 aromatic heterocycles. The zero-order valence-electron chi connectivity index (χ0n) is 11.6. The van der Waals surface area contributed by atoms with Crippen molar-refractivity contribution in [3.8, 4) is 0 Å². The van der Waals surface area contributed by atoms with E-state index in [1.54, 1.807) is 13.0 Å². The van der Waals surface area contributed by atoms with E-state index in [2.05, 4.69) is 0 Å². The molecule has 0 saturated heterocycles. The third kappa shape index (κ3) is 3.26. The first-order valence-corrected chi connectivity index (χ1v) is 6.25. The van der Waals surface area contributed by atoms with E-state index in [0.29, 0.717) is 5.56 Å². The molecule has 0 atom stereocenters. The average Bonchev–Trinajstić information content (AvgIpc) is 2.83. The third-order valence-electron chi connectivity index (χ3n) is 3.13. The van der Waals surface area contributed by atoms with Gasteiger partial charge in [0.05, 0.1) is 11.8 Å². The lowest BCUT2D eigenvalue weighted by Crippen LogP contribution is -2.27. The van der Waals surface area contributed by atoms with Gasteiger partial charge < -0.3 is 9.32 Å². The fourth-order valence-electron chi connectivity index (χ4n) is 2.03. The van der Waals surface area contributed by atoms with Crippen molar-refractivity contribution in [3.05, 3.63) is 59.0 Å². The molecule has 1 amide bonds. The molecule has 21 heavy (non-hydrogen) atoms. The van der Waals surface area contributed by atoms with E-state index in [9.17, 15) is 18.0 Å². The molecule has 0 saturated carbocycles. The van der Waals surface area contributed by atoms with Gasteiger partial charge in [-0.3, -0.25) is 4.79 Å². The van der Waals surface area contributed by atoms with Gasteiger partial charge in [0.2, 0.25) is 0 Å². The molecule has 112 valence electrons. The number of benzene rings is 1. The van der Waals surface area contributed by atoms with E-state index >= 15 is 0 Å². The Hall–Kier alpha value is -2.24. The summed E-state index contributed by atoms with van der Waals surface area (Å²) in [7, 11) is 1.44. The van der Waals surface area contributed by atoms with Crippen LogP contribution in [0.4, 0.5) is 13.2 Å². The second kappa shape index (κ2) is 5.63. The van der Waals surface area contributed by atoms with Crippen LogP contribution in [0.25, 0.3) is 0 Å². The van der Waals surface area contributed by atoms with Gasteiger partial charge in [0.25, 0.3) is 5.91 Å². The molecule has 0 fully saturated rings. The summed E-state index contributed by atoms with van der Waals surface area (Å²) >= 11 is 0. The summed E-state index contributed by atoms with van der Waals surface area (Å²) in [6.07, 6.45) is -3.07. The maximum Gasteiger partial charge on any atom is 0.416 e. The summed E-state index contributed by atoms with van der Waals surface area (Å²) < 4.78 is 43.8. The second-order valence-corrected chi connectivity index (χ2v) is 4.75. The quantitative estimate of drug-likeness (QED) is 0.861. The van der Waals surface area contributed by atoms with E-state index in [1.807, 2.05) is 0 Å². The minimum absolute atomic E-state index is 0.0464. The van der Waals surface area contributed by atoms with E-state index in [-0.39, 0.29) is 17.9 Å². The molecular formula is C15H14F3NO2. The van der Waals surface area contributed by atoms with Crippen molar-refractivity contribution in [2.24, 2.45) is 0 Å². The molecule has 0 aliphatic heterocycles. The van der Waals surface area contributed by atoms with Crippen LogP contribution in [0.1, 0.15) is 27.2 Å². The van der Waals surface area contributed by atoms with Crippen molar-refractivity contribution < 1.29 is 22.4 Å². The molecule has 0 unspecified atom stereocenters. The van der Waals surface area contributed by atoms with Crippen LogP contribution in [-0.2, 0) is 12.7 Å². The first-order chi connectivity index (χ1) is 9.80. The summed E-state index contributed by atoms with van der Waals surface area (Å²) in [6.45, 7) is 1.56. The maximum absolute atomic E-state index is 12.9. The lowest BCUT2D eigenvalue weighted by Gasteiger charge is -2.19. The Bertz CT molecular complexity index is 646. The number of hydrogen-bond acceptors (Lipinski definition) is 2. The van der Waals surface area contributed by atoms with Gasteiger partial charge in [-0.05, 0) is 24.6 Å². The van der Waals surface area contributed by atoms with Crippen LogP contribution in [0.5, 0.6) is 0 Å². The largest absolute Gasteiger partial charge is 0.459 e. The predicted molar refractivity (Wildman–Crippen MR) is 70.7 cm³/mol. The number of carbonyl (C=O) groups is 1. The molecule has 1 heterocycles. The summed E-state index contributed by atoms with van der Waals surface area (Å²) in [5.41, 5.74) is -0.0400. The van der Waals surface area contributed by atoms with Crippen LogP contribution in [0.2, 0.25) is 0 Å². The molecule has 0 aliphatic carbocycles. The summed E-state index contributed by atoms with van der Waals surface area (Å²) in [5, 5.41) is 0. The van der Waals surface area contributed by atoms with Gasteiger partial charge in [0, 0.05) is 19.2 Å². The molecule has 0 aliphatic rings. The molecule has 2 rings (SSSR count). The number of carbonyl (C=O) groups excluding carboxylic acids is 1. The highest BCUT2D eigenvalue weighted by Crippen LogP contribution is 2.32. The fraction of sp³-hybridized carbons (Fsp3) is 0.267. The fourth-order valence-corrected chi connectivity index (χ4v) is 2.03. The molecule has 0 bridgehead atoms. The number of alkyl halides is 3. The maximum atomic E-state index is 12.9. The van der Waals surface area contributed by atoms with Gasteiger partial charge in [-0.15, -0.1) is 0 Å². The van der Waals surface area contributed by atoms with Crippen LogP contribution in [0.15, 0.2) is 41.0 Å². The average molecular weight is 297 g/mol. The summed E-state index contributed by atoms with van der Waals surface area (Å²) in [5.74, 6) is -0.309. The monoisotopic (exact) mass is 297 g/mol. The predicted octanol–water partition coefficient (Wildman–Crippen LogP) is 3.88. The van der Waals surface area contributed by atoms with E-state index in [1.165, 1.54) is 36.4 Å². The smallest absolute Gasteiger partial charge is 0.416 e. The molecule has 6 heteroatoms. The number of halogens is 3. The van der Waals surface area contributed by atoms with Crippen molar-refractivity contribution in [2.75, 3.05) is 7.05 Å². The van der Waals surface area contributed by atoms with Crippen LogP contribution >= 0.6 is 0 Å². The lowest BCUT2D eigenvalue weighted by molar-refractivity contribution is -0.138. The van der Waals surface area contributed by atoms with Crippen molar-refractivity contribution in [2.45, 2.75) is 19.6 Å². The van der Waals surface area contributed by atoms with E-state index in [4.69, 9.17) is 4.42 Å². The minimum atomic E-state index is -4.44. The van der Waals surface area contributed by atoms with Gasteiger partial charge >= 0.3 is 6.18 Å². The SMILES string of the molecule is Cc1ccoc1C(=O)N(C)Cc1ccccc1C(F)(F)F. The number of aryl methyl sites for hydroxylation is 1. The van der Waals surface area contributed by atoms with Crippen molar-refractivity contribution in [1.29, 1.82) is 0 Å². The molecule has 1 aromatic carbocycles. The Morgan fingerprint density at radius 3 is 2.48 bits per heavy atom. The topological polar surface area (TPSA) is 33.5 Å². The number of rotatable bonds is 3. The molecule has 0 radical (unpaired) electrons. The number of furan rings is 1. The summed E-state index contributed by atoms with van der Waals surface area (Å²) in [6, 6.07) is 6.84. The number of nitrogens with zero attached hydrogens (tertiary/aromatic N) is 1. The highest BCUT2D eigenvalue weighted by atomic mass is 19.4. The van der Waals surface area contributed by atoms with Gasteiger partial charge in [0.1, 0.15) is 0 Å². The second-order valence-electron chi connectivity index (χ2n) is 4.75. The number of amides is 1. The summed E-state index contributed by atoms with van der Waals surface area (Å²) in [4.78, 5) is 13.3. The standard InChI is InChI=1S/C15H14F3NO2/c1-10-7-8-21-13(10)14(20)19(2)9-11-5-3-4-6-12(11)15(16,17)18/h3-8H,9H2,1-2H3. The zero-order valence-corrected chi connectivity index (χ0v) is 11.6. The Morgan fingerprint density at radius 2 is 1.90 bits per heavy atom. The molecular weight excluding hydrogens is 283 g/mol. The third-order valence-corrected chi connectivity index (χ3v) is 3.13. The van der Waals surface area contributed by atoms with Crippen molar-refractivity contribution >= 4 is 5.91 Å². The zero-order chi connectivity index (χ0) is 15.6. The Balaban J connectivity index is 2.23. The Labute approximate surface area is 120 Å². The normalized spacial score (nSPS) is 11.5. The molecule has 2 aromatic rings. The van der Waals surface area contributed by atoms with Crippen molar-refractivity contribution in [1.82, 2.24) is 4.90 Å².